The molecular formula is C12H17N5S. The third-order valence-electron chi connectivity index (χ3n) is 3.27. The van der Waals surface area contributed by atoms with Gasteiger partial charge in [0.05, 0.1) is 0 Å². The van der Waals surface area contributed by atoms with Gasteiger partial charge < -0.3 is 5.32 Å². The van der Waals surface area contributed by atoms with Gasteiger partial charge in [0.25, 0.3) is 0 Å². The maximum Gasteiger partial charge on any atom is 0.203 e. The monoisotopic (exact) mass is 263 g/mol. The van der Waals surface area contributed by atoms with Crippen LogP contribution < -0.4 is 5.32 Å². The number of anilines is 1. The lowest BCUT2D eigenvalue weighted by molar-refractivity contribution is 0.677. The molecule has 0 aliphatic carbocycles. The molecule has 1 aliphatic rings. The lowest BCUT2D eigenvalue weighted by Gasteiger charge is -2.21. The van der Waals surface area contributed by atoms with Gasteiger partial charge in [-0.05, 0) is 25.5 Å². The zero-order chi connectivity index (χ0) is 12.4. The van der Waals surface area contributed by atoms with E-state index in [-0.39, 0.29) is 0 Å². The fraction of sp³-hybridized carbons (Fsp3) is 0.583. The maximum absolute atomic E-state index is 4.36. The first kappa shape index (κ1) is 11.8. The Bertz CT molecular complexity index is 532. The summed E-state index contributed by atoms with van der Waals surface area (Å²) in [6.07, 6.45) is 7.69. The van der Waals surface area contributed by atoms with E-state index < -0.39 is 0 Å². The molecule has 0 bridgehead atoms. The highest BCUT2D eigenvalue weighted by atomic mass is 32.2. The summed E-state index contributed by atoms with van der Waals surface area (Å²) in [5.41, 5.74) is 0.816. The van der Waals surface area contributed by atoms with Crippen molar-refractivity contribution in [1.29, 1.82) is 0 Å². The average Bonchev–Trinajstić information content (AvgIpc) is 2.80. The molecule has 1 unspecified atom stereocenters. The third-order valence-corrected chi connectivity index (χ3v) is 4.67. The lowest BCUT2D eigenvalue weighted by atomic mass is 10.2. The van der Waals surface area contributed by atoms with Crippen molar-refractivity contribution in [2.24, 2.45) is 0 Å². The standard InChI is InChI=1S/C12H17N5S/c1-9-15-16-12-11(13-5-6-17(9)12)14-8-10-4-2-3-7-18-10/h5-6,10H,2-4,7-8H2,1H3,(H,13,14). The Morgan fingerprint density at radius 2 is 2.39 bits per heavy atom. The van der Waals surface area contributed by atoms with E-state index in [1.165, 1.54) is 25.0 Å². The molecule has 2 aromatic rings. The Morgan fingerprint density at radius 3 is 3.22 bits per heavy atom. The fourth-order valence-electron chi connectivity index (χ4n) is 2.25. The molecule has 1 fully saturated rings. The van der Waals surface area contributed by atoms with Crippen LogP contribution in [0.3, 0.4) is 0 Å². The molecule has 1 N–H and O–H groups in total. The molecule has 1 saturated heterocycles. The normalized spacial score (nSPS) is 20.2. The highest BCUT2D eigenvalue weighted by Crippen LogP contribution is 2.25. The van der Waals surface area contributed by atoms with Crippen molar-refractivity contribution in [2.75, 3.05) is 17.6 Å². The zero-order valence-electron chi connectivity index (χ0n) is 10.5. The second-order valence-electron chi connectivity index (χ2n) is 4.59. The van der Waals surface area contributed by atoms with Crippen LogP contribution in [0.1, 0.15) is 25.1 Å². The minimum absolute atomic E-state index is 0.699. The van der Waals surface area contributed by atoms with Crippen LogP contribution in [-0.2, 0) is 0 Å². The van der Waals surface area contributed by atoms with Crippen LogP contribution in [0, 0.1) is 6.92 Å². The van der Waals surface area contributed by atoms with Gasteiger partial charge in [-0.15, -0.1) is 10.2 Å². The number of hydrogen-bond acceptors (Lipinski definition) is 5. The van der Waals surface area contributed by atoms with E-state index in [2.05, 4.69) is 32.3 Å². The molecule has 3 heterocycles. The highest BCUT2D eigenvalue weighted by Gasteiger charge is 2.15. The van der Waals surface area contributed by atoms with Crippen LogP contribution in [0.15, 0.2) is 12.4 Å². The van der Waals surface area contributed by atoms with Gasteiger partial charge >= 0.3 is 0 Å². The fourth-order valence-corrected chi connectivity index (χ4v) is 3.48. The summed E-state index contributed by atoms with van der Waals surface area (Å²) in [6, 6.07) is 0. The number of fused-ring (bicyclic) bond motifs is 1. The van der Waals surface area contributed by atoms with Gasteiger partial charge in [-0.3, -0.25) is 4.40 Å². The molecule has 5 nitrogen and oxygen atoms in total. The van der Waals surface area contributed by atoms with E-state index in [0.717, 1.165) is 23.8 Å². The summed E-state index contributed by atoms with van der Waals surface area (Å²) in [5, 5.41) is 12.4. The topological polar surface area (TPSA) is 55.1 Å². The minimum atomic E-state index is 0.699. The predicted octanol–water partition coefficient (Wildman–Crippen LogP) is 2.13. The van der Waals surface area contributed by atoms with Gasteiger partial charge in [-0.2, -0.15) is 11.8 Å². The summed E-state index contributed by atoms with van der Waals surface area (Å²) < 4.78 is 1.96. The van der Waals surface area contributed by atoms with E-state index >= 15 is 0 Å². The number of aryl methyl sites for hydroxylation is 1. The molecule has 6 heteroatoms. The van der Waals surface area contributed by atoms with Crippen molar-refractivity contribution in [3.05, 3.63) is 18.2 Å². The van der Waals surface area contributed by atoms with Crippen LogP contribution >= 0.6 is 11.8 Å². The van der Waals surface area contributed by atoms with Gasteiger partial charge in [0.1, 0.15) is 5.82 Å². The molecule has 2 aromatic heterocycles. The number of rotatable bonds is 3. The third kappa shape index (κ3) is 2.29. The van der Waals surface area contributed by atoms with Crippen molar-refractivity contribution in [1.82, 2.24) is 19.6 Å². The summed E-state index contributed by atoms with van der Waals surface area (Å²) in [5.74, 6) is 3.01. The number of aromatic nitrogens is 4. The van der Waals surface area contributed by atoms with E-state index in [0.29, 0.717) is 5.25 Å². The van der Waals surface area contributed by atoms with Crippen LogP contribution in [0.2, 0.25) is 0 Å². The predicted molar refractivity (Wildman–Crippen MR) is 74.1 cm³/mol. The first-order chi connectivity index (χ1) is 8.84. The summed E-state index contributed by atoms with van der Waals surface area (Å²) in [7, 11) is 0. The van der Waals surface area contributed by atoms with Crippen LogP contribution in [0.4, 0.5) is 5.82 Å². The van der Waals surface area contributed by atoms with Crippen molar-refractivity contribution >= 4 is 23.2 Å². The maximum atomic E-state index is 4.36. The van der Waals surface area contributed by atoms with E-state index in [1.807, 2.05) is 17.5 Å². The average molecular weight is 263 g/mol. The summed E-state index contributed by atoms with van der Waals surface area (Å²) >= 11 is 2.06. The summed E-state index contributed by atoms with van der Waals surface area (Å²) in [6.45, 7) is 2.91. The molecule has 0 saturated carbocycles. The Labute approximate surface area is 110 Å². The second kappa shape index (κ2) is 5.14. The largest absolute Gasteiger partial charge is 0.366 e. The van der Waals surface area contributed by atoms with Crippen molar-refractivity contribution in [2.45, 2.75) is 31.4 Å². The van der Waals surface area contributed by atoms with Gasteiger partial charge in [-0.25, -0.2) is 4.98 Å². The number of hydrogen-bond donors (Lipinski definition) is 1. The van der Waals surface area contributed by atoms with Crippen LogP contribution in [0.25, 0.3) is 5.65 Å². The molecule has 18 heavy (non-hydrogen) atoms. The summed E-state index contributed by atoms with van der Waals surface area (Å²) in [4.78, 5) is 4.36. The van der Waals surface area contributed by atoms with E-state index in [4.69, 9.17) is 0 Å². The van der Waals surface area contributed by atoms with Crippen LogP contribution in [0.5, 0.6) is 0 Å². The first-order valence-corrected chi connectivity index (χ1v) is 7.41. The van der Waals surface area contributed by atoms with E-state index in [9.17, 15) is 0 Å². The molecule has 0 spiro atoms. The molecule has 1 aliphatic heterocycles. The van der Waals surface area contributed by atoms with Gasteiger partial charge in [0, 0.05) is 24.2 Å². The van der Waals surface area contributed by atoms with Crippen LogP contribution in [-0.4, -0.2) is 37.1 Å². The minimum Gasteiger partial charge on any atom is -0.366 e. The molecule has 0 radical (unpaired) electrons. The van der Waals surface area contributed by atoms with Crippen molar-refractivity contribution in [3.63, 3.8) is 0 Å². The molecular weight excluding hydrogens is 246 g/mol. The molecule has 3 rings (SSSR count). The number of nitrogens with zero attached hydrogens (tertiary/aromatic N) is 4. The Hall–Kier alpha value is -1.30. The van der Waals surface area contributed by atoms with Gasteiger partial charge in [0.15, 0.2) is 5.82 Å². The van der Waals surface area contributed by atoms with Gasteiger partial charge in [-0.1, -0.05) is 6.42 Å². The highest BCUT2D eigenvalue weighted by molar-refractivity contribution is 7.99. The first-order valence-electron chi connectivity index (χ1n) is 6.36. The molecule has 0 aromatic carbocycles. The number of nitrogens with one attached hydrogen (secondary N) is 1. The van der Waals surface area contributed by atoms with Crippen molar-refractivity contribution in [3.8, 4) is 0 Å². The van der Waals surface area contributed by atoms with Gasteiger partial charge in [0.2, 0.25) is 5.65 Å². The van der Waals surface area contributed by atoms with E-state index in [1.54, 1.807) is 6.20 Å². The quantitative estimate of drug-likeness (QED) is 0.919. The van der Waals surface area contributed by atoms with Crippen molar-refractivity contribution < 1.29 is 0 Å². The Balaban J connectivity index is 1.74. The molecule has 0 amide bonds. The SMILES string of the molecule is Cc1nnc2c(NCC3CCCCS3)nccn12. The number of thioether (sulfide) groups is 1. The molecule has 1 atom stereocenters. The second-order valence-corrected chi connectivity index (χ2v) is 5.99. The Kier molecular flexibility index (Phi) is 3.36. The zero-order valence-corrected chi connectivity index (χ0v) is 11.3. The molecule has 96 valence electrons. The smallest absolute Gasteiger partial charge is 0.203 e. The Morgan fingerprint density at radius 1 is 1.44 bits per heavy atom. The lowest BCUT2D eigenvalue weighted by Crippen LogP contribution is -2.20.